The van der Waals surface area contributed by atoms with Crippen LogP contribution in [-0.4, -0.2) is 17.5 Å². The number of hydrogen-bond acceptors (Lipinski definition) is 5. The lowest BCUT2D eigenvalue weighted by atomic mass is 10.2. The van der Waals surface area contributed by atoms with Gasteiger partial charge in [0.05, 0.1) is 6.61 Å². The maximum absolute atomic E-state index is 11.5. The van der Waals surface area contributed by atoms with Gasteiger partial charge in [-0.05, 0) is 31.2 Å². The van der Waals surface area contributed by atoms with Gasteiger partial charge in [-0.15, -0.1) is 0 Å². The Hall–Kier alpha value is -2.60. The van der Waals surface area contributed by atoms with Crippen LogP contribution < -0.4 is 20.7 Å². The number of nitrogens with two attached hydrogens (primary N) is 1. The molecule has 1 aromatic carbocycles. The summed E-state index contributed by atoms with van der Waals surface area (Å²) in [6.45, 7) is 2.70. The van der Waals surface area contributed by atoms with Gasteiger partial charge < -0.3 is 9.47 Å². The number of carbonyl (C=O) groups excluding carboxylic acids is 1. The van der Waals surface area contributed by atoms with Crippen LogP contribution in [0.4, 0.5) is 0 Å². The number of amides is 1. The zero-order valence-electron chi connectivity index (χ0n) is 11.7. The van der Waals surface area contributed by atoms with Crippen LogP contribution in [0.1, 0.15) is 22.8 Å². The van der Waals surface area contributed by atoms with Gasteiger partial charge in [0.2, 0.25) is 0 Å². The standard InChI is InChI=1S/C15H17N3O3/c1-2-20-14-8-12(15(19)18-16)5-6-13(14)21-10-11-4-3-7-17-9-11/h3-9H,2,10,16H2,1H3,(H,18,19). The van der Waals surface area contributed by atoms with E-state index in [1.54, 1.807) is 30.6 Å². The molecule has 0 unspecified atom stereocenters. The summed E-state index contributed by atoms with van der Waals surface area (Å²) in [6.07, 6.45) is 3.44. The van der Waals surface area contributed by atoms with Crippen LogP contribution >= 0.6 is 0 Å². The van der Waals surface area contributed by atoms with Crippen LogP contribution in [0.3, 0.4) is 0 Å². The number of pyridine rings is 1. The third kappa shape index (κ3) is 3.93. The Morgan fingerprint density at radius 1 is 1.29 bits per heavy atom. The maximum Gasteiger partial charge on any atom is 0.265 e. The minimum Gasteiger partial charge on any atom is -0.490 e. The Bertz CT molecular complexity index is 602. The molecule has 6 nitrogen and oxygen atoms in total. The van der Waals surface area contributed by atoms with E-state index in [-0.39, 0.29) is 5.91 Å². The number of nitrogens with zero attached hydrogens (tertiary/aromatic N) is 1. The monoisotopic (exact) mass is 287 g/mol. The summed E-state index contributed by atoms with van der Waals surface area (Å²) in [5, 5.41) is 0. The summed E-state index contributed by atoms with van der Waals surface area (Å²) in [5.74, 6) is 5.81. The van der Waals surface area contributed by atoms with Gasteiger partial charge in [0.25, 0.3) is 5.91 Å². The predicted molar refractivity (Wildman–Crippen MR) is 77.8 cm³/mol. The molecule has 0 aliphatic carbocycles. The first-order chi connectivity index (χ1) is 10.2. The highest BCUT2D eigenvalue weighted by atomic mass is 16.5. The Morgan fingerprint density at radius 3 is 2.81 bits per heavy atom. The fraction of sp³-hybridized carbons (Fsp3) is 0.200. The first-order valence-electron chi connectivity index (χ1n) is 6.54. The molecule has 2 rings (SSSR count). The van der Waals surface area contributed by atoms with E-state index in [4.69, 9.17) is 15.3 Å². The van der Waals surface area contributed by atoms with E-state index in [9.17, 15) is 4.79 Å². The first-order valence-corrected chi connectivity index (χ1v) is 6.54. The Kier molecular flexibility index (Phi) is 5.11. The molecule has 0 bridgehead atoms. The lowest BCUT2D eigenvalue weighted by Gasteiger charge is -2.13. The molecule has 0 atom stereocenters. The minimum atomic E-state index is -0.380. The minimum absolute atomic E-state index is 0.371. The first kappa shape index (κ1) is 14.8. The molecule has 3 N–H and O–H groups in total. The molecule has 1 heterocycles. The third-order valence-electron chi connectivity index (χ3n) is 2.75. The van der Waals surface area contributed by atoms with Crippen LogP contribution in [0.15, 0.2) is 42.7 Å². The molecule has 0 aliphatic heterocycles. The van der Waals surface area contributed by atoms with Crippen LogP contribution in [-0.2, 0) is 6.61 Å². The summed E-state index contributed by atoms with van der Waals surface area (Å²) in [7, 11) is 0. The van der Waals surface area contributed by atoms with Gasteiger partial charge in [0.1, 0.15) is 6.61 Å². The molecule has 2 aromatic rings. The van der Waals surface area contributed by atoms with E-state index in [1.165, 1.54) is 0 Å². The SMILES string of the molecule is CCOc1cc(C(=O)NN)ccc1OCc1cccnc1. The summed E-state index contributed by atoms with van der Waals surface area (Å²) in [6, 6.07) is 8.68. The van der Waals surface area contributed by atoms with E-state index in [0.29, 0.717) is 30.3 Å². The average molecular weight is 287 g/mol. The van der Waals surface area contributed by atoms with E-state index in [0.717, 1.165) is 5.56 Å². The summed E-state index contributed by atoms with van der Waals surface area (Å²) < 4.78 is 11.2. The highest BCUT2D eigenvalue weighted by Gasteiger charge is 2.11. The van der Waals surface area contributed by atoms with E-state index in [1.807, 2.05) is 19.1 Å². The summed E-state index contributed by atoms with van der Waals surface area (Å²) >= 11 is 0. The molecular weight excluding hydrogens is 270 g/mol. The molecule has 1 amide bonds. The second-order valence-electron chi connectivity index (χ2n) is 4.22. The molecule has 0 saturated carbocycles. The van der Waals surface area contributed by atoms with Gasteiger partial charge >= 0.3 is 0 Å². The predicted octanol–water partition coefficient (Wildman–Crippen LogP) is 1.66. The summed E-state index contributed by atoms with van der Waals surface area (Å²) in [4.78, 5) is 15.5. The van der Waals surface area contributed by atoms with Gasteiger partial charge in [-0.1, -0.05) is 6.07 Å². The number of carbonyl (C=O) groups is 1. The maximum atomic E-state index is 11.5. The molecular formula is C15H17N3O3. The van der Waals surface area contributed by atoms with Crippen molar-refractivity contribution in [3.05, 3.63) is 53.9 Å². The fourth-order valence-electron chi connectivity index (χ4n) is 1.76. The molecule has 0 fully saturated rings. The zero-order valence-corrected chi connectivity index (χ0v) is 11.7. The van der Waals surface area contributed by atoms with Crippen molar-refractivity contribution in [3.8, 4) is 11.5 Å². The normalized spacial score (nSPS) is 10.0. The van der Waals surface area contributed by atoms with E-state index < -0.39 is 0 Å². The molecule has 21 heavy (non-hydrogen) atoms. The third-order valence-corrected chi connectivity index (χ3v) is 2.75. The van der Waals surface area contributed by atoms with Crippen LogP contribution in [0.2, 0.25) is 0 Å². The van der Waals surface area contributed by atoms with Gasteiger partial charge in [0.15, 0.2) is 11.5 Å². The van der Waals surface area contributed by atoms with Crippen molar-refractivity contribution in [2.75, 3.05) is 6.61 Å². The average Bonchev–Trinajstić information content (AvgIpc) is 2.54. The number of aromatic nitrogens is 1. The van der Waals surface area contributed by atoms with Crippen molar-refractivity contribution >= 4 is 5.91 Å². The van der Waals surface area contributed by atoms with Crippen molar-refractivity contribution in [1.82, 2.24) is 10.4 Å². The van der Waals surface area contributed by atoms with Crippen LogP contribution in [0.5, 0.6) is 11.5 Å². The van der Waals surface area contributed by atoms with Crippen molar-refractivity contribution < 1.29 is 14.3 Å². The van der Waals surface area contributed by atoms with Crippen molar-refractivity contribution in [1.29, 1.82) is 0 Å². The molecule has 0 spiro atoms. The van der Waals surface area contributed by atoms with Gasteiger partial charge in [-0.3, -0.25) is 15.2 Å². The Balaban J connectivity index is 2.16. The molecule has 0 radical (unpaired) electrons. The zero-order chi connectivity index (χ0) is 15.1. The molecule has 110 valence electrons. The Labute approximate surface area is 122 Å². The number of benzene rings is 1. The van der Waals surface area contributed by atoms with Gasteiger partial charge in [-0.2, -0.15) is 0 Å². The molecule has 0 saturated heterocycles. The van der Waals surface area contributed by atoms with Crippen LogP contribution in [0, 0.1) is 0 Å². The highest BCUT2D eigenvalue weighted by molar-refractivity contribution is 5.94. The topological polar surface area (TPSA) is 86.5 Å². The quantitative estimate of drug-likeness (QED) is 0.479. The Morgan fingerprint density at radius 2 is 2.14 bits per heavy atom. The molecule has 6 heteroatoms. The van der Waals surface area contributed by atoms with Crippen molar-refractivity contribution in [2.24, 2.45) is 5.84 Å². The number of hydrazine groups is 1. The smallest absolute Gasteiger partial charge is 0.265 e. The largest absolute Gasteiger partial charge is 0.490 e. The lowest BCUT2D eigenvalue weighted by molar-refractivity contribution is 0.0953. The van der Waals surface area contributed by atoms with Crippen molar-refractivity contribution in [2.45, 2.75) is 13.5 Å². The highest BCUT2D eigenvalue weighted by Crippen LogP contribution is 2.29. The van der Waals surface area contributed by atoms with Gasteiger partial charge in [-0.25, -0.2) is 5.84 Å². The molecule has 0 aliphatic rings. The van der Waals surface area contributed by atoms with Crippen LogP contribution in [0.25, 0.3) is 0 Å². The number of nitrogens with one attached hydrogen (secondary N) is 1. The lowest BCUT2D eigenvalue weighted by Crippen LogP contribution is -2.29. The fourth-order valence-corrected chi connectivity index (χ4v) is 1.76. The number of ether oxygens (including phenoxy) is 2. The number of rotatable bonds is 6. The number of nitrogen functional groups attached to an aromatic ring is 1. The van der Waals surface area contributed by atoms with E-state index >= 15 is 0 Å². The van der Waals surface area contributed by atoms with Gasteiger partial charge in [0, 0.05) is 23.5 Å². The second kappa shape index (κ2) is 7.25. The van der Waals surface area contributed by atoms with Crippen molar-refractivity contribution in [3.63, 3.8) is 0 Å². The number of hydrogen-bond donors (Lipinski definition) is 2. The molecule has 1 aromatic heterocycles. The van der Waals surface area contributed by atoms with E-state index in [2.05, 4.69) is 10.4 Å². The second-order valence-corrected chi connectivity index (χ2v) is 4.22. The summed E-state index contributed by atoms with van der Waals surface area (Å²) in [5.41, 5.74) is 3.44.